The summed E-state index contributed by atoms with van der Waals surface area (Å²) in [5.74, 6) is -0.249. The fourth-order valence-corrected chi connectivity index (χ4v) is 4.52. The summed E-state index contributed by atoms with van der Waals surface area (Å²) in [5, 5.41) is 5.24. The number of carbonyl (C=O) groups excluding carboxylic acids is 1. The molecule has 0 saturated carbocycles. The van der Waals surface area contributed by atoms with Gasteiger partial charge in [-0.15, -0.1) is 11.3 Å². The topological polar surface area (TPSA) is 59.6 Å². The van der Waals surface area contributed by atoms with Crippen LogP contribution >= 0.6 is 27.3 Å². The van der Waals surface area contributed by atoms with Crippen LogP contribution in [0.4, 0.5) is 0 Å². The van der Waals surface area contributed by atoms with Crippen LogP contribution in [0.15, 0.2) is 40.2 Å². The van der Waals surface area contributed by atoms with Gasteiger partial charge < -0.3 is 4.74 Å². The molecule has 3 rings (SSSR count). The van der Waals surface area contributed by atoms with E-state index in [1.54, 1.807) is 11.3 Å². The number of hydrogen-bond acceptors (Lipinski definition) is 6. The zero-order chi connectivity index (χ0) is 16.9. The number of hydroxylamine groups is 1. The Bertz CT molecular complexity index is 692. The van der Waals surface area contributed by atoms with Crippen LogP contribution in [0.3, 0.4) is 0 Å². The number of hydrogen-bond donors (Lipinski definition) is 2. The number of rotatable bonds is 6. The monoisotopic (exact) mass is 410 g/mol. The lowest BCUT2D eigenvalue weighted by Gasteiger charge is -2.29. The van der Waals surface area contributed by atoms with E-state index in [9.17, 15) is 4.79 Å². The Morgan fingerprint density at radius 3 is 2.96 bits per heavy atom. The minimum atomic E-state index is -0.437. The van der Waals surface area contributed by atoms with Crippen LogP contribution in [0.2, 0.25) is 0 Å². The predicted molar refractivity (Wildman–Crippen MR) is 96.5 cm³/mol. The van der Waals surface area contributed by atoms with Crippen molar-refractivity contribution in [1.29, 1.82) is 0 Å². The van der Waals surface area contributed by atoms with Crippen LogP contribution in [0.1, 0.15) is 35.0 Å². The molecule has 7 heteroatoms. The highest BCUT2D eigenvalue weighted by Gasteiger charge is 2.35. The van der Waals surface area contributed by atoms with Crippen molar-refractivity contribution in [3.8, 4) is 0 Å². The Morgan fingerprint density at radius 1 is 1.42 bits per heavy atom. The summed E-state index contributed by atoms with van der Waals surface area (Å²) in [5.41, 5.74) is 5.14. The first-order valence-corrected chi connectivity index (χ1v) is 9.46. The first kappa shape index (κ1) is 17.6. The van der Waals surface area contributed by atoms with Gasteiger partial charge in [0.05, 0.1) is 19.3 Å². The van der Waals surface area contributed by atoms with E-state index < -0.39 is 6.04 Å². The van der Waals surface area contributed by atoms with Crippen molar-refractivity contribution in [1.82, 2.24) is 10.8 Å². The van der Waals surface area contributed by atoms with E-state index in [-0.39, 0.29) is 12.0 Å². The van der Waals surface area contributed by atoms with E-state index in [1.165, 1.54) is 0 Å². The van der Waals surface area contributed by atoms with Gasteiger partial charge in [0.15, 0.2) is 0 Å². The van der Waals surface area contributed by atoms with Gasteiger partial charge in [-0.25, -0.2) is 4.79 Å². The number of esters is 1. The Labute approximate surface area is 153 Å². The molecule has 1 aliphatic heterocycles. The predicted octanol–water partition coefficient (Wildman–Crippen LogP) is 3.48. The van der Waals surface area contributed by atoms with Crippen molar-refractivity contribution >= 4 is 33.2 Å². The lowest BCUT2D eigenvalue weighted by molar-refractivity contribution is -0.146. The molecule has 128 valence electrons. The number of thiophene rings is 1. The molecule has 2 aromatic rings. The van der Waals surface area contributed by atoms with E-state index in [4.69, 9.17) is 9.57 Å². The fraction of sp³-hybridized carbons (Fsp3) is 0.353. The van der Waals surface area contributed by atoms with Crippen molar-refractivity contribution in [2.24, 2.45) is 0 Å². The Hall–Kier alpha value is -1.25. The van der Waals surface area contributed by atoms with Gasteiger partial charge in [0.1, 0.15) is 6.04 Å². The molecule has 2 heterocycles. The largest absolute Gasteiger partial charge is 0.465 e. The third-order valence-corrected chi connectivity index (χ3v) is 5.84. The van der Waals surface area contributed by atoms with Crippen LogP contribution in [0.5, 0.6) is 0 Å². The first-order valence-electron chi connectivity index (χ1n) is 7.78. The van der Waals surface area contributed by atoms with Crippen molar-refractivity contribution in [3.05, 3.63) is 56.2 Å². The molecule has 5 nitrogen and oxygen atoms in total. The Morgan fingerprint density at radius 2 is 2.21 bits per heavy atom. The average molecular weight is 411 g/mol. The molecular formula is C17H19BrN2O3S. The van der Waals surface area contributed by atoms with Gasteiger partial charge in [0.25, 0.3) is 0 Å². The van der Waals surface area contributed by atoms with Gasteiger partial charge in [-0.2, -0.15) is 5.48 Å². The molecule has 0 fully saturated rings. The molecule has 0 saturated heterocycles. The summed E-state index contributed by atoms with van der Waals surface area (Å²) >= 11 is 5.15. The maximum atomic E-state index is 12.2. The molecule has 2 N–H and O–H groups in total. The SMILES string of the molecule is CCOC(=O)C1NCC(NOCc2ccccc2)c2scc(Br)c21. The number of carbonyl (C=O) groups is 1. The highest BCUT2D eigenvalue weighted by molar-refractivity contribution is 9.10. The molecule has 0 spiro atoms. The summed E-state index contributed by atoms with van der Waals surface area (Å²) in [6.45, 7) is 3.26. The third kappa shape index (κ3) is 3.87. The highest BCUT2D eigenvalue weighted by Crippen LogP contribution is 2.39. The van der Waals surface area contributed by atoms with Crippen molar-refractivity contribution < 1.29 is 14.4 Å². The van der Waals surface area contributed by atoms with Crippen LogP contribution in [0.25, 0.3) is 0 Å². The maximum Gasteiger partial charge on any atom is 0.327 e. The van der Waals surface area contributed by atoms with E-state index in [1.807, 2.05) is 42.6 Å². The van der Waals surface area contributed by atoms with E-state index >= 15 is 0 Å². The van der Waals surface area contributed by atoms with Gasteiger partial charge in [-0.05, 0) is 28.4 Å². The van der Waals surface area contributed by atoms with Crippen LogP contribution < -0.4 is 10.8 Å². The summed E-state index contributed by atoms with van der Waals surface area (Å²) in [6.07, 6.45) is 0. The highest BCUT2D eigenvalue weighted by atomic mass is 79.9. The fourth-order valence-electron chi connectivity index (χ4n) is 2.66. The van der Waals surface area contributed by atoms with Gasteiger partial charge >= 0.3 is 5.97 Å². The molecule has 1 aromatic carbocycles. The Balaban J connectivity index is 1.67. The van der Waals surface area contributed by atoms with Crippen LogP contribution in [0, 0.1) is 0 Å². The summed E-state index contributed by atoms with van der Waals surface area (Å²) in [7, 11) is 0. The third-order valence-electron chi connectivity index (χ3n) is 3.77. The molecule has 2 atom stereocenters. The normalized spacial score (nSPS) is 19.8. The smallest absolute Gasteiger partial charge is 0.327 e. The molecule has 1 aliphatic rings. The molecule has 2 unspecified atom stereocenters. The van der Waals surface area contributed by atoms with Crippen molar-refractivity contribution in [3.63, 3.8) is 0 Å². The van der Waals surface area contributed by atoms with Gasteiger partial charge in [0, 0.05) is 26.8 Å². The number of benzene rings is 1. The average Bonchev–Trinajstić information content (AvgIpc) is 2.99. The van der Waals surface area contributed by atoms with E-state index in [0.717, 1.165) is 20.5 Å². The zero-order valence-electron chi connectivity index (χ0n) is 13.3. The molecule has 0 aliphatic carbocycles. The first-order chi connectivity index (χ1) is 11.7. The zero-order valence-corrected chi connectivity index (χ0v) is 15.7. The summed E-state index contributed by atoms with van der Waals surface area (Å²) in [6, 6.07) is 9.54. The molecule has 24 heavy (non-hydrogen) atoms. The van der Waals surface area contributed by atoms with Crippen molar-refractivity contribution in [2.75, 3.05) is 13.2 Å². The summed E-state index contributed by atoms with van der Waals surface area (Å²) in [4.78, 5) is 18.9. The summed E-state index contributed by atoms with van der Waals surface area (Å²) < 4.78 is 6.09. The molecular weight excluding hydrogens is 392 g/mol. The van der Waals surface area contributed by atoms with Gasteiger partial charge in [0.2, 0.25) is 0 Å². The van der Waals surface area contributed by atoms with Gasteiger partial charge in [-0.1, -0.05) is 30.3 Å². The maximum absolute atomic E-state index is 12.2. The molecule has 0 amide bonds. The standard InChI is InChI=1S/C17H19BrN2O3S/c1-2-22-17(21)15-14-12(18)10-24-16(14)13(8-19-15)20-23-9-11-6-4-3-5-7-11/h3-7,10,13,15,19-20H,2,8-9H2,1H3. The molecule has 0 bridgehead atoms. The molecule has 0 radical (unpaired) electrons. The second-order valence-electron chi connectivity index (χ2n) is 5.40. The quantitative estimate of drug-likeness (QED) is 0.563. The van der Waals surface area contributed by atoms with E-state index in [2.05, 4.69) is 26.7 Å². The Kier molecular flexibility index (Phi) is 6.02. The minimum Gasteiger partial charge on any atom is -0.465 e. The molecule has 1 aromatic heterocycles. The second-order valence-corrected chi connectivity index (χ2v) is 7.17. The number of fused-ring (bicyclic) bond motifs is 1. The lowest BCUT2D eigenvalue weighted by atomic mass is 10.00. The lowest BCUT2D eigenvalue weighted by Crippen LogP contribution is -2.42. The van der Waals surface area contributed by atoms with Crippen LogP contribution in [-0.4, -0.2) is 19.1 Å². The number of halogens is 1. The van der Waals surface area contributed by atoms with Crippen molar-refractivity contribution in [2.45, 2.75) is 25.6 Å². The number of ether oxygens (including phenoxy) is 1. The minimum absolute atomic E-state index is 0.00862. The number of nitrogens with one attached hydrogen (secondary N) is 2. The van der Waals surface area contributed by atoms with Crippen LogP contribution in [-0.2, 0) is 21.0 Å². The van der Waals surface area contributed by atoms with E-state index in [0.29, 0.717) is 19.8 Å². The van der Waals surface area contributed by atoms with Gasteiger partial charge in [-0.3, -0.25) is 10.2 Å². The second kappa shape index (κ2) is 8.22.